The Kier molecular flexibility index (Phi) is 6.39. The number of hydrogen-bond donors (Lipinski definition) is 0. The van der Waals surface area contributed by atoms with Crippen molar-refractivity contribution in [1.29, 1.82) is 5.26 Å². The average molecular weight is 612 g/mol. The molecule has 0 unspecified atom stereocenters. The number of carbonyl (C=O) groups is 1. The van der Waals surface area contributed by atoms with E-state index in [9.17, 15) is 14.4 Å². The number of benzene rings is 1. The van der Waals surface area contributed by atoms with Gasteiger partial charge in [0.05, 0.1) is 23.3 Å². The number of pyridine rings is 1. The Morgan fingerprint density at radius 1 is 1.11 bits per heavy atom. The van der Waals surface area contributed by atoms with Crippen molar-refractivity contribution in [3.8, 4) is 17.3 Å². The lowest BCUT2D eigenvalue weighted by atomic mass is 9.72. The summed E-state index contributed by atoms with van der Waals surface area (Å²) in [5.74, 6) is 1.11. The summed E-state index contributed by atoms with van der Waals surface area (Å²) in [6.07, 6.45) is 5.96. The fraction of sp³-hybridized carbons (Fsp3) is 0.469. The lowest BCUT2D eigenvalue weighted by molar-refractivity contribution is -0.151. The summed E-state index contributed by atoms with van der Waals surface area (Å²) in [7, 11) is 4.08. The minimum atomic E-state index is -0.327. The molecule has 0 radical (unpaired) electrons. The van der Waals surface area contributed by atoms with E-state index >= 15 is 0 Å². The SMILES string of the molecule is CN1CCC(C(=O)N2CC3(C2)CN(c2cnc4nn(C5CC5)c(N(C)c5nc(-c6ccc(F)cc6)c(C#N)s5)c4c2)C3)CC1. The standard InChI is InChI=1S/C32H34FN9OS/c1-38-11-9-21(10-12-38)30(43)41-18-32(19-41)16-40(17-32)24-13-25-28(35-15-24)37-42(23-7-8-23)29(25)39(2)31-36-27(26(14-34)44-31)20-3-5-22(33)6-4-20/h3-6,13,15,21,23H,7-12,16-19H2,1-2H3. The molecule has 4 fully saturated rings. The molecule has 3 saturated heterocycles. The predicted molar refractivity (Wildman–Crippen MR) is 168 cm³/mol. The fourth-order valence-electron chi connectivity index (χ4n) is 7.05. The van der Waals surface area contributed by atoms with Crippen LogP contribution in [-0.4, -0.2) is 88.8 Å². The Balaban J connectivity index is 1.03. The van der Waals surface area contributed by atoms with Crippen molar-refractivity contribution in [2.45, 2.75) is 31.7 Å². The Bertz CT molecular complexity index is 1780. The van der Waals surface area contributed by atoms with Crippen LogP contribution in [0.3, 0.4) is 0 Å². The van der Waals surface area contributed by atoms with E-state index in [1.165, 1.54) is 23.5 Å². The molecule has 44 heavy (non-hydrogen) atoms. The van der Waals surface area contributed by atoms with Crippen molar-refractivity contribution in [1.82, 2.24) is 29.5 Å². The van der Waals surface area contributed by atoms with E-state index in [4.69, 9.17) is 15.1 Å². The zero-order chi connectivity index (χ0) is 30.2. The van der Waals surface area contributed by atoms with Crippen LogP contribution in [0.2, 0.25) is 0 Å². The third-order valence-corrected chi connectivity index (χ3v) is 10.7. The van der Waals surface area contributed by atoms with Gasteiger partial charge in [0.1, 0.15) is 28.3 Å². The highest BCUT2D eigenvalue weighted by Crippen LogP contribution is 2.46. The average Bonchev–Trinajstić information content (AvgIpc) is 3.63. The number of piperidine rings is 1. The molecular formula is C32H34FN9OS. The second kappa shape index (κ2) is 10.2. The van der Waals surface area contributed by atoms with Gasteiger partial charge in [-0.15, -0.1) is 0 Å². The van der Waals surface area contributed by atoms with Gasteiger partial charge >= 0.3 is 0 Å². The lowest BCUT2D eigenvalue weighted by Gasteiger charge is -2.61. The van der Waals surface area contributed by atoms with Gasteiger partial charge in [-0.1, -0.05) is 11.3 Å². The molecule has 3 aliphatic heterocycles. The van der Waals surface area contributed by atoms with E-state index in [-0.39, 0.29) is 17.2 Å². The topological polar surface area (TPSA) is 97.4 Å². The quantitative estimate of drug-likeness (QED) is 0.311. The molecule has 1 aromatic carbocycles. The van der Waals surface area contributed by atoms with Gasteiger partial charge in [-0.3, -0.25) is 4.79 Å². The van der Waals surface area contributed by atoms with Gasteiger partial charge in [0.25, 0.3) is 0 Å². The molecule has 0 bridgehead atoms. The van der Waals surface area contributed by atoms with Crippen LogP contribution in [0.1, 0.15) is 36.6 Å². The summed E-state index contributed by atoms with van der Waals surface area (Å²) in [6, 6.07) is 10.8. The lowest BCUT2D eigenvalue weighted by Crippen LogP contribution is -2.73. The van der Waals surface area contributed by atoms with Crippen molar-refractivity contribution in [2.24, 2.45) is 11.3 Å². The van der Waals surface area contributed by atoms with E-state index in [1.54, 1.807) is 12.1 Å². The number of carbonyl (C=O) groups excluding carboxylic acids is 1. The second-order valence-corrected chi connectivity index (χ2v) is 14.0. The highest BCUT2D eigenvalue weighted by Gasteiger charge is 2.54. The molecular weight excluding hydrogens is 577 g/mol. The molecule has 0 atom stereocenters. The maximum absolute atomic E-state index is 13.6. The van der Waals surface area contributed by atoms with Gasteiger partial charge in [0.2, 0.25) is 5.91 Å². The minimum Gasteiger partial charge on any atom is -0.369 e. The van der Waals surface area contributed by atoms with Gasteiger partial charge < -0.3 is 19.6 Å². The highest BCUT2D eigenvalue weighted by molar-refractivity contribution is 7.16. The first-order valence-electron chi connectivity index (χ1n) is 15.3. The zero-order valence-corrected chi connectivity index (χ0v) is 25.7. The van der Waals surface area contributed by atoms with Crippen LogP contribution in [0.15, 0.2) is 36.5 Å². The zero-order valence-electron chi connectivity index (χ0n) is 24.9. The predicted octanol–water partition coefficient (Wildman–Crippen LogP) is 4.66. The maximum atomic E-state index is 13.6. The summed E-state index contributed by atoms with van der Waals surface area (Å²) in [6.45, 7) is 5.53. The van der Waals surface area contributed by atoms with Gasteiger partial charge in [0.15, 0.2) is 10.8 Å². The second-order valence-electron chi connectivity index (χ2n) is 13.0. The van der Waals surface area contributed by atoms with Gasteiger partial charge in [-0.05, 0) is 76.2 Å². The van der Waals surface area contributed by atoms with Crippen molar-refractivity contribution in [3.05, 3.63) is 47.2 Å². The van der Waals surface area contributed by atoms with E-state index in [0.717, 1.165) is 81.8 Å². The number of likely N-dealkylation sites (tertiary alicyclic amines) is 2. The number of aromatic nitrogens is 4. The van der Waals surface area contributed by atoms with Crippen LogP contribution in [0.4, 0.5) is 21.0 Å². The third-order valence-electron chi connectivity index (χ3n) is 9.69. The van der Waals surface area contributed by atoms with Crippen molar-refractivity contribution >= 4 is 44.9 Å². The smallest absolute Gasteiger partial charge is 0.225 e. The molecule has 3 aromatic heterocycles. The van der Waals surface area contributed by atoms with Crippen LogP contribution >= 0.6 is 11.3 Å². The summed E-state index contributed by atoms with van der Waals surface area (Å²) < 4.78 is 15.6. The third kappa shape index (κ3) is 4.61. The number of nitrogens with zero attached hydrogens (tertiary/aromatic N) is 9. The van der Waals surface area contributed by atoms with E-state index in [1.807, 2.05) is 18.1 Å². The number of nitriles is 1. The number of hydrogen-bond acceptors (Lipinski definition) is 9. The number of halogens is 1. The van der Waals surface area contributed by atoms with Crippen molar-refractivity contribution in [2.75, 3.05) is 63.2 Å². The molecule has 1 saturated carbocycles. The number of rotatable bonds is 6. The Hall–Kier alpha value is -4.08. The molecule has 1 spiro atoms. The molecule has 12 heteroatoms. The Morgan fingerprint density at radius 2 is 1.84 bits per heavy atom. The summed E-state index contributed by atoms with van der Waals surface area (Å²) in [5, 5.41) is 16.4. The molecule has 4 aromatic rings. The van der Waals surface area contributed by atoms with Crippen molar-refractivity contribution < 1.29 is 9.18 Å². The van der Waals surface area contributed by atoms with Crippen LogP contribution in [-0.2, 0) is 4.79 Å². The van der Waals surface area contributed by atoms with Gasteiger partial charge in [0, 0.05) is 50.1 Å². The summed E-state index contributed by atoms with van der Waals surface area (Å²) in [4.78, 5) is 31.9. The monoisotopic (exact) mass is 611 g/mol. The molecule has 1 aliphatic carbocycles. The highest BCUT2D eigenvalue weighted by atomic mass is 32.1. The first-order chi connectivity index (χ1) is 21.3. The van der Waals surface area contributed by atoms with E-state index < -0.39 is 0 Å². The Morgan fingerprint density at radius 3 is 2.52 bits per heavy atom. The fourth-order valence-corrected chi connectivity index (χ4v) is 7.89. The molecule has 4 aliphatic rings. The van der Waals surface area contributed by atoms with E-state index in [2.05, 4.69) is 38.6 Å². The molecule has 0 N–H and O–H groups in total. The van der Waals surface area contributed by atoms with Gasteiger partial charge in [-0.25, -0.2) is 19.0 Å². The molecule has 1 amide bonds. The number of anilines is 3. The normalized spacial score (nSPS) is 20.0. The summed E-state index contributed by atoms with van der Waals surface area (Å²) >= 11 is 1.32. The molecule has 6 heterocycles. The summed E-state index contributed by atoms with van der Waals surface area (Å²) in [5.41, 5.74) is 3.18. The molecule has 8 rings (SSSR count). The van der Waals surface area contributed by atoms with E-state index in [0.29, 0.717) is 38.9 Å². The Labute approximate surface area is 259 Å². The largest absolute Gasteiger partial charge is 0.369 e. The number of amides is 1. The number of thiazole rings is 1. The molecule has 226 valence electrons. The van der Waals surface area contributed by atoms with Crippen LogP contribution in [0, 0.1) is 28.5 Å². The van der Waals surface area contributed by atoms with Crippen molar-refractivity contribution in [3.63, 3.8) is 0 Å². The first-order valence-corrected chi connectivity index (χ1v) is 16.1. The van der Waals surface area contributed by atoms with Crippen LogP contribution < -0.4 is 9.80 Å². The molecule has 10 nitrogen and oxygen atoms in total. The first kappa shape index (κ1) is 27.5. The van der Waals surface area contributed by atoms with Crippen LogP contribution in [0.5, 0.6) is 0 Å². The minimum absolute atomic E-state index is 0.179. The maximum Gasteiger partial charge on any atom is 0.225 e. The number of fused-ring (bicyclic) bond motifs is 1. The van der Waals surface area contributed by atoms with Crippen LogP contribution in [0.25, 0.3) is 22.3 Å². The van der Waals surface area contributed by atoms with Gasteiger partial charge in [-0.2, -0.15) is 10.4 Å².